The third-order valence-electron chi connectivity index (χ3n) is 2.91. The minimum Gasteiger partial charge on any atom is -0.379 e. The van der Waals surface area contributed by atoms with Gasteiger partial charge in [0, 0.05) is 13.2 Å². The minimum absolute atomic E-state index is 0.177. The molecule has 0 fully saturated rings. The van der Waals surface area contributed by atoms with Gasteiger partial charge >= 0.3 is 11.8 Å². The summed E-state index contributed by atoms with van der Waals surface area (Å²) in [6.45, 7) is 6.75. The van der Waals surface area contributed by atoms with E-state index in [9.17, 15) is 9.59 Å². The number of carbonyl (C=O) groups excluding carboxylic acids is 2. The van der Waals surface area contributed by atoms with Gasteiger partial charge in [0.25, 0.3) is 0 Å². The standard InChI is InChI=1S/C16H24N2O3/c1-12(2)21-11-7-10-17-15(19)16(20)18-13(3)14-8-5-4-6-9-14/h4-6,8-9,12-13H,7,10-11H2,1-3H3,(H,17,19)(H,18,20). The van der Waals surface area contributed by atoms with E-state index in [4.69, 9.17) is 4.74 Å². The van der Waals surface area contributed by atoms with E-state index >= 15 is 0 Å². The van der Waals surface area contributed by atoms with Crippen molar-refractivity contribution in [2.24, 2.45) is 0 Å². The highest BCUT2D eigenvalue weighted by molar-refractivity contribution is 6.35. The molecule has 2 amide bonds. The Bertz CT molecular complexity index is 446. The predicted molar refractivity (Wildman–Crippen MR) is 81.7 cm³/mol. The minimum atomic E-state index is -0.615. The molecule has 0 saturated carbocycles. The Labute approximate surface area is 126 Å². The molecule has 2 N–H and O–H groups in total. The average molecular weight is 292 g/mol. The van der Waals surface area contributed by atoms with Gasteiger partial charge in [-0.05, 0) is 32.8 Å². The topological polar surface area (TPSA) is 67.4 Å². The number of hydrogen-bond donors (Lipinski definition) is 2. The maximum atomic E-state index is 11.7. The van der Waals surface area contributed by atoms with Crippen molar-refractivity contribution in [1.29, 1.82) is 0 Å². The van der Waals surface area contributed by atoms with Gasteiger partial charge in [-0.15, -0.1) is 0 Å². The number of ether oxygens (including phenoxy) is 1. The molecule has 1 rings (SSSR count). The van der Waals surface area contributed by atoms with Crippen LogP contribution in [-0.2, 0) is 14.3 Å². The largest absolute Gasteiger partial charge is 0.379 e. The second kappa shape index (κ2) is 9.13. The van der Waals surface area contributed by atoms with Crippen molar-refractivity contribution in [2.45, 2.75) is 39.3 Å². The van der Waals surface area contributed by atoms with Gasteiger partial charge in [-0.1, -0.05) is 30.3 Å². The second-order valence-corrected chi connectivity index (χ2v) is 5.13. The molecule has 0 radical (unpaired) electrons. The Balaban J connectivity index is 2.26. The van der Waals surface area contributed by atoms with Gasteiger partial charge in [0.05, 0.1) is 12.1 Å². The van der Waals surface area contributed by atoms with Crippen molar-refractivity contribution in [3.05, 3.63) is 35.9 Å². The number of rotatable bonds is 7. The highest BCUT2D eigenvalue weighted by Crippen LogP contribution is 2.10. The second-order valence-electron chi connectivity index (χ2n) is 5.13. The van der Waals surface area contributed by atoms with Crippen LogP contribution < -0.4 is 10.6 Å². The van der Waals surface area contributed by atoms with Crippen LogP contribution in [0.1, 0.15) is 38.8 Å². The van der Waals surface area contributed by atoms with Crippen LogP contribution in [0.3, 0.4) is 0 Å². The van der Waals surface area contributed by atoms with E-state index in [1.165, 1.54) is 0 Å². The lowest BCUT2D eigenvalue weighted by Crippen LogP contribution is -2.41. The van der Waals surface area contributed by atoms with Crippen molar-refractivity contribution < 1.29 is 14.3 Å². The zero-order valence-corrected chi connectivity index (χ0v) is 12.9. The summed E-state index contributed by atoms with van der Waals surface area (Å²) in [6.07, 6.45) is 0.863. The molecule has 21 heavy (non-hydrogen) atoms. The third kappa shape index (κ3) is 6.90. The molecule has 0 saturated heterocycles. The first-order chi connectivity index (χ1) is 10.0. The molecule has 0 bridgehead atoms. The van der Waals surface area contributed by atoms with E-state index in [-0.39, 0.29) is 12.1 Å². The summed E-state index contributed by atoms with van der Waals surface area (Å²) in [7, 11) is 0. The lowest BCUT2D eigenvalue weighted by molar-refractivity contribution is -0.139. The number of nitrogens with one attached hydrogen (secondary N) is 2. The molecule has 0 spiro atoms. The fourth-order valence-electron chi connectivity index (χ4n) is 1.76. The van der Waals surface area contributed by atoms with Gasteiger partial charge in [-0.3, -0.25) is 9.59 Å². The van der Waals surface area contributed by atoms with E-state index < -0.39 is 11.8 Å². The molecule has 0 heterocycles. The van der Waals surface area contributed by atoms with Crippen LogP contribution in [0.4, 0.5) is 0 Å². The normalized spacial score (nSPS) is 12.0. The van der Waals surface area contributed by atoms with Crippen LogP contribution in [0.2, 0.25) is 0 Å². The molecule has 0 aromatic heterocycles. The first kappa shape index (κ1) is 17.2. The van der Waals surface area contributed by atoms with Crippen LogP contribution in [0.5, 0.6) is 0 Å². The number of benzene rings is 1. The van der Waals surface area contributed by atoms with Crippen molar-refractivity contribution in [1.82, 2.24) is 10.6 Å². The van der Waals surface area contributed by atoms with Gasteiger partial charge < -0.3 is 15.4 Å². The summed E-state index contributed by atoms with van der Waals surface area (Å²) in [5, 5.41) is 5.25. The van der Waals surface area contributed by atoms with E-state index in [2.05, 4.69) is 10.6 Å². The molecule has 1 aromatic rings. The molecule has 116 valence electrons. The Morgan fingerprint density at radius 2 is 1.76 bits per heavy atom. The molecular formula is C16H24N2O3. The van der Waals surface area contributed by atoms with Crippen molar-refractivity contribution >= 4 is 11.8 Å². The maximum Gasteiger partial charge on any atom is 0.309 e. The van der Waals surface area contributed by atoms with Gasteiger partial charge in [0.15, 0.2) is 0 Å². The van der Waals surface area contributed by atoms with Crippen molar-refractivity contribution in [3.63, 3.8) is 0 Å². The zero-order chi connectivity index (χ0) is 15.7. The molecular weight excluding hydrogens is 268 g/mol. The quantitative estimate of drug-likeness (QED) is 0.595. The van der Waals surface area contributed by atoms with Crippen LogP contribution in [0.15, 0.2) is 30.3 Å². The highest BCUT2D eigenvalue weighted by Gasteiger charge is 2.16. The highest BCUT2D eigenvalue weighted by atomic mass is 16.5. The molecule has 1 unspecified atom stereocenters. The molecule has 0 aliphatic rings. The average Bonchev–Trinajstić information content (AvgIpc) is 2.47. The number of hydrogen-bond acceptors (Lipinski definition) is 3. The van der Waals surface area contributed by atoms with Gasteiger partial charge in [0.1, 0.15) is 0 Å². The smallest absolute Gasteiger partial charge is 0.309 e. The first-order valence-corrected chi connectivity index (χ1v) is 7.26. The summed E-state index contributed by atoms with van der Waals surface area (Å²) in [6, 6.07) is 9.32. The van der Waals surface area contributed by atoms with Gasteiger partial charge in [-0.2, -0.15) is 0 Å². The number of carbonyl (C=O) groups is 2. The monoisotopic (exact) mass is 292 g/mol. The summed E-state index contributed by atoms with van der Waals surface area (Å²) in [5.41, 5.74) is 0.962. The summed E-state index contributed by atoms with van der Waals surface area (Å²) in [5.74, 6) is -1.22. The van der Waals surface area contributed by atoms with E-state index in [0.717, 1.165) is 5.56 Å². The molecule has 5 nitrogen and oxygen atoms in total. The molecule has 0 aliphatic carbocycles. The summed E-state index contributed by atoms with van der Waals surface area (Å²) in [4.78, 5) is 23.4. The number of amides is 2. The fraction of sp³-hybridized carbons (Fsp3) is 0.500. The summed E-state index contributed by atoms with van der Waals surface area (Å²) < 4.78 is 5.35. The Kier molecular flexibility index (Phi) is 7.46. The van der Waals surface area contributed by atoms with Crippen molar-refractivity contribution in [3.8, 4) is 0 Å². The van der Waals surface area contributed by atoms with E-state index in [1.807, 2.05) is 51.1 Å². The lowest BCUT2D eigenvalue weighted by atomic mass is 10.1. The first-order valence-electron chi connectivity index (χ1n) is 7.26. The Morgan fingerprint density at radius 1 is 1.10 bits per heavy atom. The molecule has 1 aromatic carbocycles. The fourth-order valence-corrected chi connectivity index (χ4v) is 1.76. The Hall–Kier alpha value is -1.88. The SMILES string of the molecule is CC(C)OCCCNC(=O)C(=O)NC(C)c1ccccc1. The molecule has 5 heteroatoms. The third-order valence-corrected chi connectivity index (χ3v) is 2.91. The summed E-state index contributed by atoms with van der Waals surface area (Å²) >= 11 is 0. The predicted octanol–water partition coefficient (Wildman–Crippen LogP) is 1.80. The Morgan fingerprint density at radius 3 is 2.38 bits per heavy atom. The molecule has 1 atom stereocenters. The zero-order valence-electron chi connectivity index (χ0n) is 12.9. The van der Waals surface area contributed by atoms with Gasteiger partial charge in [0.2, 0.25) is 0 Å². The van der Waals surface area contributed by atoms with Crippen LogP contribution >= 0.6 is 0 Å². The van der Waals surface area contributed by atoms with E-state index in [1.54, 1.807) is 0 Å². The molecule has 0 aliphatic heterocycles. The van der Waals surface area contributed by atoms with Gasteiger partial charge in [-0.25, -0.2) is 0 Å². The van der Waals surface area contributed by atoms with Crippen LogP contribution in [0, 0.1) is 0 Å². The van der Waals surface area contributed by atoms with E-state index in [0.29, 0.717) is 19.6 Å². The lowest BCUT2D eigenvalue weighted by Gasteiger charge is -2.14. The maximum absolute atomic E-state index is 11.7. The van der Waals surface area contributed by atoms with Crippen LogP contribution in [0.25, 0.3) is 0 Å². The van der Waals surface area contributed by atoms with Crippen molar-refractivity contribution in [2.75, 3.05) is 13.2 Å². The van der Waals surface area contributed by atoms with Crippen LogP contribution in [-0.4, -0.2) is 31.1 Å².